The van der Waals surface area contributed by atoms with Crippen molar-refractivity contribution >= 4 is 6.09 Å². The molecule has 0 bridgehead atoms. The van der Waals surface area contributed by atoms with Crippen LogP contribution in [0.15, 0.2) is 54.6 Å². The van der Waals surface area contributed by atoms with Crippen molar-refractivity contribution in [1.82, 2.24) is 5.32 Å². The van der Waals surface area contributed by atoms with Gasteiger partial charge in [0.2, 0.25) is 0 Å². The smallest absolute Gasteiger partial charge is 0.404 e. The van der Waals surface area contributed by atoms with Gasteiger partial charge < -0.3 is 10.4 Å². The normalized spacial score (nSPS) is 8.87. The molecule has 0 heterocycles. The maximum atomic E-state index is 10.1. The van der Waals surface area contributed by atoms with Gasteiger partial charge in [0.15, 0.2) is 0 Å². The minimum absolute atomic E-state index is 0.371. The molecule has 2 rings (SSSR count). The van der Waals surface area contributed by atoms with E-state index < -0.39 is 6.09 Å². The molecule has 0 aliphatic heterocycles. The molecule has 23 heavy (non-hydrogen) atoms. The molecule has 2 aromatic rings. The predicted molar refractivity (Wildman–Crippen MR) is 97.8 cm³/mol. The summed E-state index contributed by atoms with van der Waals surface area (Å²) in [6.45, 7) is 8.76. The van der Waals surface area contributed by atoms with E-state index in [1.165, 1.54) is 24.0 Å². The topological polar surface area (TPSA) is 49.3 Å². The molecule has 3 nitrogen and oxygen atoms in total. The van der Waals surface area contributed by atoms with E-state index in [0.29, 0.717) is 6.54 Å². The van der Waals surface area contributed by atoms with Gasteiger partial charge in [-0.15, -0.1) is 0 Å². The molecule has 0 unspecified atom stereocenters. The summed E-state index contributed by atoms with van der Waals surface area (Å²) in [5.41, 5.74) is 3.88. The van der Waals surface area contributed by atoms with Crippen LogP contribution in [0.4, 0.5) is 4.79 Å². The lowest BCUT2D eigenvalue weighted by Crippen LogP contribution is -2.19. The summed E-state index contributed by atoms with van der Waals surface area (Å²) in [4.78, 5) is 10.1. The molecule has 2 N–H and O–H groups in total. The average molecular weight is 315 g/mol. The number of carbonyl (C=O) groups is 1. The van der Waals surface area contributed by atoms with Crippen LogP contribution >= 0.6 is 0 Å². The highest BCUT2D eigenvalue weighted by Crippen LogP contribution is 2.08. The largest absolute Gasteiger partial charge is 0.465 e. The molecule has 0 aliphatic rings. The lowest BCUT2D eigenvalue weighted by Gasteiger charge is -2.01. The summed E-state index contributed by atoms with van der Waals surface area (Å²) in [6, 6.07) is 18.0. The van der Waals surface area contributed by atoms with E-state index in [2.05, 4.69) is 43.4 Å². The Balaban J connectivity index is 0.000000381. The SMILES string of the molecule is CC.CCCc1ccccc1C.O=C(O)NCc1ccccc1. The van der Waals surface area contributed by atoms with E-state index in [1.54, 1.807) is 0 Å². The van der Waals surface area contributed by atoms with Crippen LogP contribution in [0.1, 0.15) is 43.9 Å². The lowest BCUT2D eigenvalue weighted by molar-refractivity contribution is 0.194. The van der Waals surface area contributed by atoms with Crippen LogP contribution in [-0.2, 0) is 13.0 Å². The first kappa shape index (κ1) is 20.7. The fraction of sp³-hybridized carbons (Fsp3) is 0.350. The summed E-state index contributed by atoms with van der Waals surface area (Å²) in [6.07, 6.45) is 1.46. The Kier molecular flexibility index (Phi) is 12.0. The van der Waals surface area contributed by atoms with Crippen molar-refractivity contribution in [3.8, 4) is 0 Å². The Hall–Kier alpha value is -2.29. The van der Waals surface area contributed by atoms with Gasteiger partial charge in [0.05, 0.1) is 0 Å². The second-order valence-electron chi connectivity index (χ2n) is 4.82. The number of benzene rings is 2. The third kappa shape index (κ3) is 10.1. The molecule has 0 saturated heterocycles. The molecule has 0 radical (unpaired) electrons. The Labute approximate surface area is 140 Å². The molecule has 0 saturated carbocycles. The number of rotatable bonds is 4. The molecule has 0 aliphatic carbocycles. The van der Waals surface area contributed by atoms with Crippen LogP contribution < -0.4 is 5.32 Å². The average Bonchev–Trinajstić information content (AvgIpc) is 2.59. The molecule has 3 heteroatoms. The van der Waals surface area contributed by atoms with E-state index in [1.807, 2.05) is 44.2 Å². The van der Waals surface area contributed by atoms with Gasteiger partial charge in [-0.2, -0.15) is 0 Å². The van der Waals surface area contributed by atoms with Crippen molar-refractivity contribution < 1.29 is 9.90 Å². The van der Waals surface area contributed by atoms with Crippen molar-refractivity contribution in [1.29, 1.82) is 0 Å². The number of nitrogens with one attached hydrogen (secondary N) is 1. The van der Waals surface area contributed by atoms with E-state index in [4.69, 9.17) is 5.11 Å². The molecule has 0 fully saturated rings. The summed E-state index contributed by atoms with van der Waals surface area (Å²) in [7, 11) is 0. The summed E-state index contributed by atoms with van der Waals surface area (Å²) < 4.78 is 0. The number of aryl methyl sites for hydroxylation is 2. The minimum Gasteiger partial charge on any atom is -0.465 e. The van der Waals surface area contributed by atoms with Crippen molar-refractivity contribution in [2.45, 2.75) is 47.1 Å². The fourth-order valence-corrected chi connectivity index (χ4v) is 1.93. The molecule has 0 spiro atoms. The van der Waals surface area contributed by atoms with Gasteiger partial charge in [-0.25, -0.2) is 4.79 Å². The number of hydrogen-bond acceptors (Lipinski definition) is 1. The van der Waals surface area contributed by atoms with Crippen LogP contribution in [0.25, 0.3) is 0 Å². The minimum atomic E-state index is -0.992. The van der Waals surface area contributed by atoms with E-state index in [0.717, 1.165) is 5.56 Å². The van der Waals surface area contributed by atoms with Gasteiger partial charge in [0.1, 0.15) is 0 Å². The Morgan fingerprint density at radius 3 is 2.09 bits per heavy atom. The van der Waals surface area contributed by atoms with Crippen molar-refractivity contribution in [3.05, 3.63) is 71.3 Å². The first-order valence-corrected chi connectivity index (χ1v) is 8.18. The van der Waals surface area contributed by atoms with E-state index >= 15 is 0 Å². The number of amides is 1. The standard InChI is InChI=1S/C10H14.C8H9NO2.C2H6/c1-3-6-10-8-5-4-7-9(10)2;10-8(11)9-6-7-4-2-1-3-5-7;1-2/h4-5,7-8H,3,6H2,1-2H3;1-5,9H,6H2,(H,10,11);1-2H3. The highest BCUT2D eigenvalue weighted by molar-refractivity contribution is 5.64. The highest BCUT2D eigenvalue weighted by atomic mass is 16.4. The lowest BCUT2D eigenvalue weighted by atomic mass is 10.1. The quantitative estimate of drug-likeness (QED) is 0.790. The molecule has 2 aromatic carbocycles. The zero-order valence-electron chi connectivity index (χ0n) is 14.7. The van der Waals surface area contributed by atoms with Crippen LogP contribution in [-0.4, -0.2) is 11.2 Å². The van der Waals surface area contributed by atoms with E-state index in [9.17, 15) is 4.79 Å². The summed E-state index contributed by atoms with van der Waals surface area (Å²) >= 11 is 0. The van der Waals surface area contributed by atoms with Gasteiger partial charge in [0, 0.05) is 6.54 Å². The first-order valence-electron chi connectivity index (χ1n) is 8.18. The first-order chi connectivity index (χ1) is 11.1. The summed E-state index contributed by atoms with van der Waals surface area (Å²) in [5, 5.41) is 10.5. The van der Waals surface area contributed by atoms with Gasteiger partial charge in [0.25, 0.3) is 0 Å². The maximum Gasteiger partial charge on any atom is 0.404 e. The van der Waals surface area contributed by atoms with Crippen molar-refractivity contribution in [2.24, 2.45) is 0 Å². The van der Waals surface area contributed by atoms with Gasteiger partial charge in [-0.05, 0) is 30.0 Å². The summed E-state index contributed by atoms with van der Waals surface area (Å²) in [5.74, 6) is 0. The molecule has 0 aromatic heterocycles. The number of carboxylic acid groups (broad SMARTS) is 1. The molecule has 0 atom stereocenters. The Morgan fingerprint density at radius 1 is 1.00 bits per heavy atom. The van der Waals surface area contributed by atoms with Crippen LogP contribution in [0.5, 0.6) is 0 Å². The van der Waals surface area contributed by atoms with E-state index in [-0.39, 0.29) is 0 Å². The predicted octanol–water partition coefficient (Wildman–Crippen LogP) is 5.43. The molecule has 1 amide bonds. The number of hydrogen-bond donors (Lipinski definition) is 2. The Bertz CT molecular complexity index is 538. The zero-order chi connectivity index (χ0) is 17.5. The van der Waals surface area contributed by atoms with Crippen LogP contribution in [0.3, 0.4) is 0 Å². The molecular formula is C20H29NO2. The van der Waals surface area contributed by atoms with Gasteiger partial charge in [-0.1, -0.05) is 81.8 Å². The van der Waals surface area contributed by atoms with Crippen LogP contribution in [0.2, 0.25) is 0 Å². The van der Waals surface area contributed by atoms with Gasteiger partial charge in [-0.3, -0.25) is 0 Å². The van der Waals surface area contributed by atoms with Crippen molar-refractivity contribution in [2.75, 3.05) is 0 Å². The highest BCUT2D eigenvalue weighted by Gasteiger charge is 1.93. The maximum absolute atomic E-state index is 10.1. The third-order valence-electron chi connectivity index (χ3n) is 3.07. The molecule has 126 valence electrons. The fourth-order valence-electron chi connectivity index (χ4n) is 1.93. The van der Waals surface area contributed by atoms with Crippen molar-refractivity contribution in [3.63, 3.8) is 0 Å². The second kappa shape index (κ2) is 13.4. The van der Waals surface area contributed by atoms with Gasteiger partial charge >= 0.3 is 6.09 Å². The Morgan fingerprint density at radius 2 is 1.57 bits per heavy atom. The molecular weight excluding hydrogens is 286 g/mol. The van der Waals surface area contributed by atoms with Crippen LogP contribution in [0, 0.1) is 6.92 Å². The monoisotopic (exact) mass is 315 g/mol. The second-order valence-corrected chi connectivity index (χ2v) is 4.82. The zero-order valence-corrected chi connectivity index (χ0v) is 14.7. The third-order valence-corrected chi connectivity index (χ3v) is 3.07.